The number of carbonyl (C=O) groups is 2. The lowest BCUT2D eigenvalue weighted by Crippen LogP contribution is -2.34. The Morgan fingerprint density at radius 3 is 2.94 bits per heavy atom. The molecule has 0 unspecified atom stereocenters. The van der Waals surface area contributed by atoms with E-state index in [1.165, 1.54) is 26.7 Å². The number of hydrogen-bond acceptors (Lipinski definition) is 8. The fraction of sp³-hybridized carbons (Fsp3) is 0.350. The van der Waals surface area contributed by atoms with Crippen molar-refractivity contribution in [2.75, 3.05) is 48.3 Å². The van der Waals surface area contributed by atoms with Gasteiger partial charge < -0.3 is 25.1 Å². The molecule has 3 aromatic heterocycles. The van der Waals surface area contributed by atoms with E-state index in [4.69, 9.17) is 9.52 Å². The van der Waals surface area contributed by atoms with Crippen molar-refractivity contribution in [1.29, 1.82) is 0 Å². The number of rotatable bonds is 9. The van der Waals surface area contributed by atoms with Gasteiger partial charge in [-0.25, -0.2) is 23.5 Å². The van der Waals surface area contributed by atoms with Crippen molar-refractivity contribution in [3.05, 3.63) is 36.5 Å². The van der Waals surface area contributed by atoms with E-state index in [1.54, 1.807) is 19.3 Å². The summed E-state index contributed by atoms with van der Waals surface area (Å²) < 4.78 is 31.7. The van der Waals surface area contributed by atoms with E-state index in [2.05, 4.69) is 25.7 Å². The molecule has 34 heavy (non-hydrogen) atoms. The Morgan fingerprint density at radius 1 is 1.35 bits per heavy atom. The van der Waals surface area contributed by atoms with Crippen molar-refractivity contribution in [2.24, 2.45) is 7.05 Å². The highest BCUT2D eigenvalue weighted by Crippen LogP contribution is 2.28. The molecule has 0 atom stereocenters. The maximum absolute atomic E-state index is 12.8. The first-order valence-electron chi connectivity index (χ1n) is 10.3. The minimum Gasteiger partial charge on any atom is -0.444 e. The van der Waals surface area contributed by atoms with Gasteiger partial charge in [0.05, 0.1) is 19.3 Å². The molecule has 0 spiro atoms. The van der Waals surface area contributed by atoms with Crippen LogP contribution < -0.4 is 15.5 Å². The average molecular weight is 476 g/mol. The van der Waals surface area contributed by atoms with Crippen molar-refractivity contribution in [1.82, 2.24) is 24.6 Å². The number of carbonyl (C=O) groups excluding carboxylic acids is 2. The lowest BCUT2D eigenvalue weighted by Gasteiger charge is -2.17. The molecule has 4 heterocycles. The van der Waals surface area contributed by atoms with Crippen molar-refractivity contribution >= 4 is 29.3 Å². The molecule has 3 amide bonds. The molecule has 1 aliphatic rings. The average Bonchev–Trinajstić information content (AvgIpc) is 3.52. The molecule has 3 N–H and O–H groups in total. The van der Waals surface area contributed by atoms with Crippen LogP contribution >= 0.6 is 0 Å². The molecular formula is C20H22F2N8O4. The molecule has 0 saturated carbocycles. The van der Waals surface area contributed by atoms with Gasteiger partial charge in [0.25, 0.3) is 12.3 Å². The third kappa shape index (κ3) is 4.96. The molecule has 0 radical (unpaired) electrons. The van der Waals surface area contributed by atoms with Gasteiger partial charge >= 0.3 is 6.03 Å². The standard InChI is InChI=1S/C20H22F2N8O4/c1-28-10-13(17(27-28)30-5-4-29(6-7-31)20(30)33)25-18(32)14-11-34-19(26-14)12-2-3-23-16(8-12)24-9-15(21)22/h2-3,8,10-11,15,31H,4-7,9H2,1H3,(H,23,24)(H,25,32). The van der Waals surface area contributed by atoms with Gasteiger partial charge in [-0.2, -0.15) is 5.10 Å². The molecule has 180 valence electrons. The third-order valence-electron chi connectivity index (χ3n) is 4.96. The number of nitrogens with zero attached hydrogens (tertiary/aromatic N) is 6. The van der Waals surface area contributed by atoms with Crippen molar-refractivity contribution in [2.45, 2.75) is 6.43 Å². The van der Waals surface area contributed by atoms with Crippen LogP contribution in [0.25, 0.3) is 11.5 Å². The van der Waals surface area contributed by atoms with Gasteiger partial charge in [-0.15, -0.1) is 0 Å². The third-order valence-corrected chi connectivity index (χ3v) is 4.96. The summed E-state index contributed by atoms with van der Waals surface area (Å²) in [6.45, 7) is 0.286. The number of anilines is 3. The van der Waals surface area contributed by atoms with Gasteiger partial charge in [-0.05, 0) is 12.1 Å². The van der Waals surface area contributed by atoms with Crippen LogP contribution in [0.3, 0.4) is 0 Å². The van der Waals surface area contributed by atoms with E-state index < -0.39 is 18.9 Å². The number of aliphatic hydroxyl groups is 1. The number of aliphatic hydroxyl groups excluding tert-OH is 1. The Labute approximate surface area is 192 Å². The predicted molar refractivity (Wildman–Crippen MR) is 117 cm³/mol. The van der Waals surface area contributed by atoms with Gasteiger partial charge in [-0.3, -0.25) is 14.4 Å². The number of β-amino-alcohol motifs (C(OH)–C–C–N with tert-alkyl or cyclic N) is 1. The summed E-state index contributed by atoms with van der Waals surface area (Å²) in [5.74, 6) is 0.00283. The second kappa shape index (κ2) is 9.82. The lowest BCUT2D eigenvalue weighted by atomic mass is 10.2. The monoisotopic (exact) mass is 476 g/mol. The van der Waals surface area contributed by atoms with Crippen LogP contribution in [0.15, 0.2) is 35.2 Å². The summed E-state index contributed by atoms with van der Waals surface area (Å²) in [5.41, 5.74) is 0.719. The van der Waals surface area contributed by atoms with Crippen LogP contribution in [-0.2, 0) is 7.05 Å². The molecule has 14 heteroatoms. The van der Waals surface area contributed by atoms with E-state index in [9.17, 15) is 18.4 Å². The van der Waals surface area contributed by atoms with E-state index in [0.29, 0.717) is 24.3 Å². The maximum atomic E-state index is 12.8. The molecule has 0 aromatic carbocycles. The summed E-state index contributed by atoms with van der Waals surface area (Å²) in [6.07, 6.45) is 1.59. The molecular weight excluding hydrogens is 454 g/mol. The highest BCUT2D eigenvalue weighted by atomic mass is 19.3. The first kappa shape index (κ1) is 23.1. The van der Waals surface area contributed by atoms with Crippen LogP contribution in [0.2, 0.25) is 0 Å². The number of pyridine rings is 1. The van der Waals surface area contributed by atoms with E-state index in [0.717, 1.165) is 6.26 Å². The number of hydrogen-bond donors (Lipinski definition) is 3. The zero-order valence-electron chi connectivity index (χ0n) is 18.1. The molecule has 1 aliphatic heterocycles. The molecule has 1 saturated heterocycles. The Balaban J connectivity index is 1.48. The zero-order chi connectivity index (χ0) is 24.2. The number of nitrogens with one attached hydrogen (secondary N) is 2. The molecule has 12 nitrogen and oxygen atoms in total. The van der Waals surface area contributed by atoms with Gasteiger partial charge in [0.15, 0.2) is 11.5 Å². The second-order valence-electron chi connectivity index (χ2n) is 7.38. The van der Waals surface area contributed by atoms with Crippen LogP contribution in [0.1, 0.15) is 10.5 Å². The molecule has 3 aromatic rings. The fourth-order valence-electron chi connectivity index (χ4n) is 3.41. The van der Waals surface area contributed by atoms with Gasteiger partial charge in [0, 0.05) is 38.4 Å². The minimum absolute atomic E-state index is 0.0293. The Hall–Kier alpha value is -4.07. The van der Waals surface area contributed by atoms with Crippen molar-refractivity contribution in [3.63, 3.8) is 0 Å². The van der Waals surface area contributed by atoms with Crippen LogP contribution in [0, 0.1) is 0 Å². The highest BCUT2D eigenvalue weighted by molar-refractivity contribution is 6.06. The summed E-state index contributed by atoms with van der Waals surface area (Å²) in [5, 5.41) is 18.6. The number of aryl methyl sites for hydroxylation is 1. The van der Waals surface area contributed by atoms with Crippen molar-refractivity contribution < 1.29 is 27.9 Å². The van der Waals surface area contributed by atoms with E-state index in [-0.39, 0.29) is 42.4 Å². The van der Waals surface area contributed by atoms with Crippen LogP contribution in [-0.4, -0.2) is 80.9 Å². The van der Waals surface area contributed by atoms with E-state index in [1.807, 2.05) is 0 Å². The van der Waals surface area contributed by atoms with Gasteiger partial charge in [0.2, 0.25) is 5.89 Å². The molecule has 0 bridgehead atoms. The summed E-state index contributed by atoms with van der Waals surface area (Å²) in [4.78, 5) is 36.4. The topological polar surface area (TPSA) is 142 Å². The maximum Gasteiger partial charge on any atom is 0.325 e. The lowest BCUT2D eigenvalue weighted by molar-refractivity contribution is 0.102. The summed E-state index contributed by atoms with van der Waals surface area (Å²) in [7, 11) is 1.66. The summed E-state index contributed by atoms with van der Waals surface area (Å²) in [6, 6.07) is 2.73. The number of alkyl halides is 2. The zero-order valence-corrected chi connectivity index (χ0v) is 18.1. The molecule has 1 fully saturated rings. The molecule has 0 aliphatic carbocycles. The quantitative estimate of drug-likeness (QED) is 0.423. The van der Waals surface area contributed by atoms with E-state index >= 15 is 0 Å². The highest BCUT2D eigenvalue weighted by Gasteiger charge is 2.33. The van der Waals surface area contributed by atoms with Crippen LogP contribution in [0.5, 0.6) is 0 Å². The van der Waals surface area contributed by atoms with Crippen molar-refractivity contribution in [3.8, 4) is 11.5 Å². The Morgan fingerprint density at radius 2 is 2.18 bits per heavy atom. The second-order valence-corrected chi connectivity index (χ2v) is 7.38. The smallest absolute Gasteiger partial charge is 0.325 e. The number of oxazole rings is 1. The summed E-state index contributed by atoms with van der Waals surface area (Å²) >= 11 is 0. The van der Waals surface area contributed by atoms with Gasteiger partial charge in [0.1, 0.15) is 17.8 Å². The fourth-order valence-corrected chi connectivity index (χ4v) is 3.41. The largest absolute Gasteiger partial charge is 0.444 e. The predicted octanol–water partition coefficient (Wildman–Crippen LogP) is 1.63. The number of urea groups is 1. The molecule has 4 rings (SSSR count). The van der Waals surface area contributed by atoms with Crippen LogP contribution in [0.4, 0.5) is 30.9 Å². The first-order valence-corrected chi connectivity index (χ1v) is 10.3. The van der Waals surface area contributed by atoms with Gasteiger partial charge in [-0.1, -0.05) is 0 Å². The number of aromatic nitrogens is 4. The Bertz CT molecular complexity index is 1180. The number of amides is 3. The SMILES string of the molecule is Cn1cc(NC(=O)c2coc(-c3ccnc(NCC(F)F)c3)n2)c(N2CCN(CCO)C2=O)n1. The number of halogens is 2. The minimum atomic E-state index is -2.53. The Kier molecular flexibility index (Phi) is 6.67. The normalized spacial score (nSPS) is 13.7. The first-order chi connectivity index (χ1) is 16.4.